The van der Waals surface area contributed by atoms with Gasteiger partial charge in [-0.2, -0.15) is 0 Å². The largest absolute Gasteiger partial charge is 0.435 e. The van der Waals surface area contributed by atoms with E-state index in [4.69, 9.17) is 27.9 Å². The van der Waals surface area contributed by atoms with Gasteiger partial charge in [-0.25, -0.2) is 14.4 Å². The molecule has 94 valence electrons. The van der Waals surface area contributed by atoms with Crippen molar-refractivity contribution in [2.24, 2.45) is 0 Å². The number of benzene rings is 1. The normalized spacial score (nSPS) is 10.4. The maximum Gasteiger partial charge on any atom is 0.227 e. The Morgan fingerprint density at radius 1 is 1.28 bits per heavy atom. The van der Waals surface area contributed by atoms with Crippen LogP contribution >= 0.6 is 23.2 Å². The third-order valence-corrected chi connectivity index (χ3v) is 2.95. The molecule has 0 N–H and O–H groups in total. The minimum atomic E-state index is -0.629. The van der Waals surface area contributed by atoms with Crippen molar-refractivity contribution in [3.05, 3.63) is 46.1 Å². The van der Waals surface area contributed by atoms with Gasteiger partial charge in [0, 0.05) is 0 Å². The second-order valence-electron chi connectivity index (χ2n) is 3.46. The van der Waals surface area contributed by atoms with Crippen LogP contribution in [0.1, 0.15) is 12.5 Å². The molecule has 1 heterocycles. The topological polar surface area (TPSA) is 35.0 Å². The highest BCUT2D eigenvalue weighted by Gasteiger charge is 2.13. The number of hydrogen-bond acceptors (Lipinski definition) is 3. The van der Waals surface area contributed by atoms with Gasteiger partial charge in [-0.3, -0.25) is 0 Å². The molecule has 0 bridgehead atoms. The van der Waals surface area contributed by atoms with Crippen molar-refractivity contribution in [1.82, 2.24) is 9.97 Å². The average Bonchev–Trinajstić information content (AvgIpc) is 2.35. The lowest BCUT2D eigenvalue weighted by atomic mass is 10.2. The third-order valence-electron chi connectivity index (χ3n) is 2.33. The van der Waals surface area contributed by atoms with E-state index < -0.39 is 5.82 Å². The molecule has 0 aliphatic carbocycles. The summed E-state index contributed by atoms with van der Waals surface area (Å²) in [4.78, 5) is 7.80. The van der Waals surface area contributed by atoms with Crippen LogP contribution in [-0.2, 0) is 6.42 Å². The first kappa shape index (κ1) is 13.1. The highest BCUT2D eigenvalue weighted by atomic mass is 35.5. The van der Waals surface area contributed by atoms with Gasteiger partial charge in [-0.15, -0.1) is 0 Å². The van der Waals surface area contributed by atoms with Crippen molar-refractivity contribution in [3.8, 4) is 11.6 Å². The van der Waals surface area contributed by atoms with Crippen molar-refractivity contribution < 1.29 is 9.13 Å². The maximum atomic E-state index is 13.7. The van der Waals surface area contributed by atoms with E-state index in [-0.39, 0.29) is 16.7 Å². The predicted octanol–water partition coefficient (Wildman–Crippen LogP) is 4.28. The van der Waals surface area contributed by atoms with E-state index in [1.807, 2.05) is 6.92 Å². The van der Waals surface area contributed by atoms with E-state index in [0.717, 1.165) is 0 Å². The average molecular weight is 287 g/mol. The molecule has 0 unspecified atom stereocenters. The summed E-state index contributed by atoms with van der Waals surface area (Å²) in [6.07, 6.45) is 1.84. The van der Waals surface area contributed by atoms with Crippen molar-refractivity contribution in [1.29, 1.82) is 0 Å². The number of nitrogens with zero attached hydrogens (tertiary/aromatic N) is 2. The van der Waals surface area contributed by atoms with E-state index in [1.54, 1.807) is 6.07 Å². The molecular weight excluding hydrogens is 278 g/mol. The molecule has 6 heteroatoms. The van der Waals surface area contributed by atoms with Gasteiger partial charge in [0.1, 0.15) is 11.5 Å². The summed E-state index contributed by atoms with van der Waals surface area (Å²) in [6.45, 7) is 1.88. The number of hydrogen-bond donors (Lipinski definition) is 0. The Hall–Kier alpha value is -1.39. The summed E-state index contributed by atoms with van der Waals surface area (Å²) in [5.41, 5.74) is 0.624. The molecule has 0 spiro atoms. The summed E-state index contributed by atoms with van der Waals surface area (Å²) in [5, 5.41) is 0.288. The zero-order valence-corrected chi connectivity index (χ0v) is 11.0. The van der Waals surface area contributed by atoms with Crippen LogP contribution in [0.2, 0.25) is 10.2 Å². The molecule has 0 saturated heterocycles. The van der Waals surface area contributed by atoms with E-state index >= 15 is 0 Å². The van der Waals surface area contributed by atoms with Crippen molar-refractivity contribution in [2.75, 3.05) is 0 Å². The molecule has 0 aliphatic rings. The van der Waals surface area contributed by atoms with Gasteiger partial charge < -0.3 is 4.74 Å². The zero-order valence-electron chi connectivity index (χ0n) is 9.45. The summed E-state index contributed by atoms with van der Waals surface area (Å²) in [6, 6.07) is 4.50. The van der Waals surface area contributed by atoms with Crippen LogP contribution < -0.4 is 4.74 Å². The van der Waals surface area contributed by atoms with Gasteiger partial charge in [0.15, 0.2) is 11.6 Å². The molecule has 0 fully saturated rings. The Morgan fingerprint density at radius 2 is 2.06 bits per heavy atom. The first-order chi connectivity index (χ1) is 8.63. The van der Waals surface area contributed by atoms with Crippen molar-refractivity contribution in [2.45, 2.75) is 13.3 Å². The molecule has 2 rings (SSSR count). The zero-order chi connectivity index (χ0) is 13.1. The molecule has 0 atom stereocenters. The molecule has 0 radical (unpaired) electrons. The predicted molar refractivity (Wildman–Crippen MR) is 67.9 cm³/mol. The minimum Gasteiger partial charge on any atom is -0.435 e. The Labute approximate surface area is 114 Å². The Morgan fingerprint density at radius 3 is 2.78 bits per heavy atom. The van der Waals surface area contributed by atoms with E-state index in [9.17, 15) is 4.39 Å². The van der Waals surface area contributed by atoms with Gasteiger partial charge in [0.2, 0.25) is 5.88 Å². The SMILES string of the molecule is CCc1c(Cl)ncnc1Oc1cccc(Cl)c1F. The molecule has 0 amide bonds. The van der Waals surface area contributed by atoms with Gasteiger partial charge in [-0.1, -0.05) is 36.2 Å². The summed E-state index contributed by atoms with van der Waals surface area (Å²) >= 11 is 11.6. The van der Waals surface area contributed by atoms with Crippen LogP contribution in [0.5, 0.6) is 11.6 Å². The van der Waals surface area contributed by atoms with Crippen LogP contribution in [0.4, 0.5) is 4.39 Å². The van der Waals surface area contributed by atoms with E-state index in [1.165, 1.54) is 18.5 Å². The van der Waals surface area contributed by atoms with Crippen molar-refractivity contribution in [3.63, 3.8) is 0 Å². The van der Waals surface area contributed by atoms with Crippen LogP contribution in [0.25, 0.3) is 0 Å². The van der Waals surface area contributed by atoms with Gasteiger partial charge in [0.25, 0.3) is 0 Å². The van der Waals surface area contributed by atoms with Crippen LogP contribution in [-0.4, -0.2) is 9.97 Å². The Balaban J connectivity index is 2.40. The molecule has 1 aromatic heterocycles. The molecule has 0 saturated carbocycles. The molecule has 18 heavy (non-hydrogen) atoms. The fourth-order valence-electron chi connectivity index (χ4n) is 1.43. The van der Waals surface area contributed by atoms with Crippen LogP contribution in [0.3, 0.4) is 0 Å². The number of ether oxygens (including phenoxy) is 1. The highest BCUT2D eigenvalue weighted by Crippen LogP contribution is 2.31. The first-order valence-electron chi connectivity index (χ1n) is 5.24. The fraction of sp³-hybridized carbons (Fsp3) is 0.167. The lowest BCUT2D eigenvalue weighted by Gasteiger charge is -2.10. The lowest BCUT2D eigenvalue weighted by molar-refractivity contribution is 0.422. The molecular formula is C12H9Cl2FN2O. The van der Waals surface area contributed by atoms with Crippen LogP contribution in [0, 0.1) is 5.82 Å². The number of halogens is 3. The van der Waals surface area contributed by atoms with E-state index in [0.29, 0.717) is 17.1 Å². The summed E-state index contributed by atoms with van der Waals surface area (Å²) < 4.78 is 19.1. The molecule has 3 nitrogen and oxygen atoms in total. The summed E-state index contributed by atoms with van der Waals surface area (Å²) in [7, 11) is 0. The van der Waals surface area contributed by atoms with Gasteiger partial charge in [-0.05, 0) is 18.6 Å². The lowest BCUT2D eigenvalue weighted by Crippen LogP contribution is -1.98. The number of aromatic nitrogens is 2. The Bertz CT molecular complexity index is 578. The van der Waals surface area contributed by atoms with Gasteiger partial charge in [0.05, 0.1) is 10.6 Å². The van der Waals surface area contributed by atoms with Gasteiger partial charge >= 0.3 is 0 Å². The molecule has 1 aromatic carbocycles. The molecule has 2 aromatic rings. The van der Waals surface area contributed by atoms with Crippen molar-refractivity contribution >= 4 is 23.2 Å². The second-order valence-corrected chi connectivity index (χ2v) is 4.22. The minimum absolute atomic E-state index is 0.00645. The quantitative estimate of drug-likeness (QED) is 0.790. The monoisotopic (exact) mass is 286 g/mol. The smallest absolute Gasteiger partial charge is 0.227 e. The molecule has 0 aliphatic heterocycles. The van der Waals surface area contributed by atoms with E-state index in [2.05, 4.69) is 9.97 Å². The Kier molecular flexibility index (Phi) is 3.99. The standard InChI is InChI=1S/C12H9Cl2FN2O/c1-2-7-11(14)16-6-17-12(7)18-9-5-3-4-8(13)10(9)15/h3-6H,2H2,1H3. The second kappa shape index (κ2) is 5.50. The fourth-order valence-corrected chi connectivity index (χ4v) is 1.85. The summed E-state index contributed by atoms with van der Waals surface area (Å²) in [5.74, 6) is -0.387. The third kappa shape index (κ3) is 2.54. The highest BCUT2D eigenvalue weighted by molar-refractivity contribution is 6.31. The maximum absolute atomic E-state index is 13.7. The van der Waals surface area contributed by atoms with Crippen LogP contribution in [0.15, 0.2) is 24.5 Å². The first-order valence-corrected chi connectivity index (χ1v) is 6.00. The number of rotatable bonds is 3.